The van der Waals surface area contributed by atoms with Gasteiger partial charge in [0.1, 0.15) is 0 Å². The predicted octanol–water partition coefficient (Wildman–Crippen LogP) is 0.836. The number of nitrogens with two attached hydrogens (primary N) is 1. The Labute approximate surface area is 67.2 Å². The van der Waals surface area contributed by atoms with E-state index in [9.17, 15) is 0 Å². The van der Waals surface area contributed by atoms with Gasteiger partial charge in [-0.05, 0) is 12.2 Å². The zero-order valence-electron chi connectivity index (χ0n) is 6.87. The Hall–Kier alpha value is 0.270. The summed E-state index contributed by atoms with van der Waals surface area (Å²) >= 11 is 1.73. The summed E-state index contributed by atoms with van der Waals surface area (Å²) in [5.41, 5.74) is 5.61. The van der Waals surface area contributed by atoms with Crippen LogP contribution in [0.5, 0.6) is 0 Å². The number of rotatable bonds is 4. The molecule has 0 aromatic carbocycles. The van der Waals surface area contributed by atoms with Gasteiger partial charge in [0.05, 0.1) is 6.61 Å². The average Bonchev–Trinajstić information content (AvgIpc) is 1.81. The summed E-state index contributed by atoms with van der Waals surface area (Å²) in [5.74, 6) is 0. The number of hydrogen-bond acceptors (Lipinski definition) is 3. The largest absolute Gasteiger partial charge is 0.395 e. The highest BCUT2D eigenvalue weighted by Gasteiger charge is 2.13. The zero-order valence-corrected chi connectivity index (χ0v) is 7.69. The van der Waals surface area contributed by atoms with Crippen molar-refractivity contribution in [1.82, 2.24) is 0 Å². The molecular formula is C7H17NOS. The van der Waals surface area contributed by atoms with Crippen LogP contribution in [0.2, 0.25) is 0 Å². The van der Waals surface area contributed by atoms with Crippen LogP contribution in [-0.4, -0.2) is 28.3 Å². The third-order valence-corrected chi connectivity index (χ3v) is 2.69. The summed E-state index contributed by atoms with van der Waals surface area (Å²) in [4.78, 5) is 0. The molecular weight excluding hydrogens is 146 g/mol. The molecule has 0 saturated heterocycles. The van der Waals surface area contributed by atoms with E-state index in [-0.39, 0.29) is 17.9 Å². The third kappa shape index (κ3) is 4.14. The quantitative estimate of drug-likeness (QED) is 0.645. The van der Waals surface area contributed by atoms with Gasteiger partial charge in [-0.3, -0.25) is 0 Å². The lowest BCUT2D eigenvalue weighted by Gasteiger charge is -2.19. The molecule has 2 unspecified atom stereocenters. The molecule has 0 heterocycles. The fraction of sp³-hybridized carbons (Fsp3) is 1.00. The van der Waals surface area contributed by atoms with E-state index in [2.05, 4.69) is 13.8 Å². The van der Waals surface area contributed by atoms with Gasteiger partial charge in [-0.2, -0.15) is 11.8 Å². The first kappa shape index (κ1) is 10.3. The second kappa shape index (κ2) is 4.99. The number of hydrogen-bond donors (Lipinski definition) is 2. The Kier molecular flexibility index (Phi) is 5.13. The Morgan fingerprint density at radius 3 is 2.00 bits per heavy atom. The van der Waals surface area contributed by atoms with Crippen LogP contribution in [0.4, 0.5) is 0 Å². The van der Waals surface area contributed by atoms with Crippen LogP contribution in [-0.2, 0) is 0 Å². The van der Waals surface area contributed by atoms with Crippen LogP contribution < -0.4 is 5.73 Å². The van der Waals surface area contributed by atoms with Crippen LogP contribution in [0.25, 0.3) is 0 Å². The normalized spacial score (nSPS) is 17.4. The van der Waals surface area contributed by atoms with Crippen molar-refractivity contribution in [3.8, 4) is 0 Å². The molecule has 0 saturated carbocycles. The maximum Gasteiger partial charge on any atom is 0.0565 e. The molecule has 0 aliphatic carbocycles. The molecule has 10 heavy (non-hydrogen) atoms. The second-order valence-corrected chi connectivity index (χ2v) is 4.59. The molecule has 3 N–H and O–H groups in total. The summed E-state index contributed by atoms with van der Waals surface area (Å²) < 4.78 is 0. The SMILES string of the molecule is CC(C)SC(CO)C(C)N. The van der Waals surface area contributed by atoms with Gasteiger partial charge in [-0.15, -0.1) is 0 Å². The Morgan fingerprint density at radius 1 is 1.40 bits per heavy atom. The molecule has 0 aliphatic rings. The molecule has 0 aliphatic heterocycles. The van der Waals surface area contributed by atoms with Gasteiger partial charge in [0.2, 0.25) is 0 Å². The van der Waals surface area contributed by atoms with E-state index in [1.807, 2.05) is 6.92 Å². The third-order valence-electron chi connectivity index (χ3n) is 1.21. The molecule has 0 rings (SSSR count). The molecule has 0 radical (unpaired) electrons. The molecule has 0 fully saturated rings. The molecule has 0 aromatic heterocycles. The van der Waals surface area contributed by atoms with Gasteiger partial charge in [0.15, 0.2) is 0 Å². The highest BCUT2D eigenvalue weighted by Crippen LogP contribution is 2.18. The van der Waals surface area contributed by atoms with Gasteiger partial charge in [-0.25, -0.2) is 0 Å². The smallest absolute Gasteiger partial charge is 0.0565 e. The van der Waals surface area contributed by atoms with Gasteiger partial charge < -0.3 is 10.8 Å². The van der Waals surface area contributed by atoms with Crippen molar-refractivity contribution in [2.45, 2.75) is 37.3 Å². The van der Waals surface area contributed by atoms with E-state index >= 15 is 0 Å². The van der Waals surface area contributed by atoms with Crippen molar-refractivity contribution in [1.29, 1.82) is 0 Å². The lowest BCUT2D eigenvalue weighted by Crippen LogP contribution is -2.32. The van der Waals surface area contributed by atoms with Crippen molar-refractivity contribution in [2.75, 3.05) is 6.61 Å². The summed E-state index contributed by atoms with van der Waals surface area (Å²) in [6.45, 7) is 6.32. The predicted molar refractivity (Wildman–Crippen MR) is 47.3 cm³/mol. The van der Waals surface area contributed by atoms with Crippen molar-refractivity contribution < 1.29 is 5.11 Å². The van der Waals surface area contributed by atoms with Crippen molar-refractivity contribution in [2.24, 2.45) is 5.73 Å². The molecule has 0 aromatic rings. The topological polar surface area (TPSA) is 46.2 Å². The molecule has 0 bridgehead atoms. The number of aliphatic hydroxyl groups excluding tert-OH is 1. The minimum atomic E-state index is 0.0809. The minimum Gasteiger partial charge on any atom is -0.395 e. The molecule has 0 spiro atoms. The summed E-state index contributed by atoms with van der Waals surface area (Å²) in [6, 6.07) is 0.0809. The van der Waals surface area contributed by atoms with Crippen LogP contribution >= 0.6 is 11.8 Å². The Balaban J connectivity index is 3.60. The fourth-order valence-electron chi connectivity index (χ4n) is 0.683. The minimum absolute atomic E-state index is 0.0809. The molecule has 62 valence electrons. The van der Waals surface area contributed by atoms with Gasteiger partial charge in [-0.1, -0.05) is 13.8 Å². The Bertz CT molecular complexity index is 85.7. The van der Waals surface area contributed by atoms with E-state index in [1.54, 1.807) is 11.8 Å². The fourth-order valence-corrected chi connectivity index (χ4v) is 1.72. The molecule has 2 atom stereocenters. The van der Waals surface area contributed by atoms with E-state index < -0.39 is 0 Å². The zero-order chi connectivity index (χ0) is 8.15. The van der Waals surface area contributed by atoms with Crippen LogP contribution in [0.1, 0.15) is 20.8 Å². The summed E-state index contributed by atoms with van der Waals surface area (Å²) in [7, 11) is 0. The Morgan fingerprint density at radius 2 is 1.90 bits per heavy atom. The summed E-state index contributed by atoms with van der Waals surface area (Å²) in [6.07, 6.45) is 0. The van der Waals surface area contributed by atoms with Crippen molar-refractivity contribution >= 4 is 11.8 Å². The van der Waals surface area contributed by atoms with Gasteiger partial charge in [0, 0.05) is 11.3 Å². The first-order valence-corrected chi connectivity index (χ1v) is 4.54. The number of thioether (sulfide) groups is 1. The highest BCUT2D eigenvalue weighted by atomic mass is 32.2. The number of aliphatic hydroxyl groups is 1. The van der Waals surface area contributed by atoms with Crippen LogP contribution in [0.15, 0.2) is 0 Å². The van der Waals surface area contributed by atoms with Crippen LogP contribution in [0.3, 0.4) is 0 Å². The monoisotopic (exact) mass is 163 g/mol. The highest BCUT2D eigenvalue weighted by molar-refractivity contribution is 8.00. The molecule has 2 nitrogen and oxygen atoms in total. The standard InChI is InChI=1S/C7H17NOS/c1-5(2)10-7(4-9)6(3)8/h5-7,9H,4,8H2,1-3H3. The maximum atomic E-state index is 8.84. The van der Waals surface area contributed by atoms with Crippen molar-refractivity contribution in [3.63, 3.8) is 0 Å². The first-order chi connectivity index (χ1) is 4.57. The van der Waals surface area contributed by atoms with E-state index in [0.717, 1.165) is 0 Å². The van der Waals surface area contributed by atoms with E-state index in [1.165, 1.54) is 0 Å². The van der Waals surface area contributed by atoms with Gasteiger partial charge >= 0.3 is 0 Å². The summed E-state index contributed by atoms with van der Waals surface area (Å²) in [5, 5.41) is 9.58. The second-order valence-electron chi connectivity index (χ2n) is 2.76. The lowest BCUT2D eigenvalue weighted by molar-refractivity contribution is 0.285. The van der Waals surface area contributed by atoms with Crippen LogP contribution in [0, 0.1) is 0 Å². The van der Waals surface area contributed by atoms with E-state index in [4.69, 9.17) is 10.8 Å². The molecule has 3 heteroatoms. The van der Waals surface area contributed by atoms with E-state index in [0.29, 0.717) is 5.25 Å². The van der Waals surface area contributed by atoms with Gasteiger partial charge in [0.25, 0.3) is 0 Å². The van der Waals surface area contributed by atoms with Crippen molar-refractivity contribution in [3.05, 3.63) is 0 Å². The average molecular weight is 163 g/mol. The lowest BCUT2D eigenvalue weighted by atomic mass is 10.3. The maximum absolute atomic E-state index is 8.84. The molecule has 0 amide bonds. The first-order valence-electron chi connectivity index (χ1n) is 3.59.